The van der Waals surface area contributed by atoms with Gasteiger partial charge in [-0.25, -0.2) is 9.18 Å². The first-order valence-electron chi connectivity index (χ1n) is 8.94. The van der Waals surface area contributed by atoms with Crippen LogP contribution in [-0.2, 0) is 0 Å². The summed E-state index contributed by atoms with van der Waals surface area (Å²) in [4.78, 5) is 28.3. The van der Waals surface area contributed by atoms with E-state index in [1.54, 1.807) is 21.9 Å². The van der Waals surface area contributed by atoms with Crippen LogP contribution >= 0.6 is 0 Å². The van der Waals surface area contributed by atoms with E-state index in [9.17, 15) is 14.0 Å². The van der Waals surface area contributed by atoms with Gasteiger partial charge >= 0.3 is 6.03 Å². The molecule has 2 heterocycles. The second-order valence-corrected chi connectivity index (χ2v) is 6.61. The van der Waals surface area contributed by atoms with Crippen molar-refractivity contribution >= 4 is 11.9 Å². The number of hydrogen-bond donors (Lipinski definition) is 1. The van der Waals surface area contributed by atoms with Gasteiger partial charge in [-0.15, -0.1) is 0 Å². The van der Waals surface area contributed by atoms with E-state index >= 15 is 0 Å². The third kappa shape index (κ3) is 3.45. The molecular formula is C20H20FN3O3. The Morgan fingerprint density at radius 1 is 0.963 bits per heavy atom. The number of ether oxygens (including phenoxy) is 1. The predicted molar refractivity (Wildman–Crippen MR) is 97.1 cm³/mol. The lowest BCUT2D eigenvalue weighted by Gasteiger charge is -2.35. The molecule has 3 amide bonds. The van der Waals surface area contributed by atoms with E-state index in [0.29, 0.717) is 32.8 Å². The molecule has 140 valence electrons. The molecular weight excluding hydrogens is 349 g/mol. The summed E-state index contributed by atoms with van der Waals surface area (Å²) in [6.07, 6.45) is 0. The Morgan fingerprint density at radius 2 is 1.63 bits per heavy atom. The fraction of sp³-hybridized carbons (Fsp3) is 0.300. The largest absolute Gasteiger partial charge is 0.491 e. The molecule has 2 aromatic rings. The molecule has 0 bridgehead atoms. The van der Waals surface area contributed by atoms with E-state index in [1.807, 2.05) is 24.3 Å². The number of carbonyl (C=O) groups is 2. The minimum absolute atomic E-state index is 0.0649. The average Bonchev–Trinajstić information content (AvgIpc) is 3.11. The van der Waals surface area contributed by atoms with Crippen molar-refractivity contribution in [3.05, 3.63) is 65.5 Å². The maximum Gasteiger partial charge on any atom is 0.318 e. The van der Waals surface area contributed by atoms with Gasteiger partial charge < -0.3 is 19.9 Å². The molecule has 6 nitrogen and oxygen atoms in total. The molecule has 1 saturated heterocycles. The van der Waals surface area contributed by atoms with Gasteiger partial charge in [-0.3, -0.25) is 4.79 Å². The molecule has 1 N–H and O–H groups in total. The van der Waals surface area contributed by atoms with Crippen molar-refractivity contribution in [2.75, 3.05) is 32.8 Å². The molecule has 0 saturated carbocycles. The van der Waals surface area contributed by atoms with E-state index in [2.05, 4.69) is 5.32 Å². The number of amides is 3. The highest BCUT2D eigenvalue weighted by Gasteiger charge is 2.30. The van der Waals surface area contributed by atoms with Crippen molar-refractivity contribution in [2.45, 2.75) is 6.04 Å². The maximum absolute atomic E-state index is 13.8. The Morgan fingerprint density at radius 3 is 2.41 bits per heavy atom. The fourth-order valence-corrected chi connectivity index (χ4v) is 3.44. The van der Waals surface area contributed by atoms with Crippen molar-refractivity contribution in [1.29, 1.82) is 0 Å². The van der Waals surface area contributed by atoms with Crippen LogP contribution in [0.2, 0.25) is 0 Å². The topological polar surface area (TPSA) is 61.9 Å². The quantitative estimate of drug-likeness (QED) is 0.884. The fourth-order valence-electron chi connectivity index (χ4n) is 3.44. The molecule has 0 radical (unpaired) electrons. The zero-order valence-electron chi connectivity index (χ0n) is 14.7. The van der Waals surface area contributed by atoms with E-state index in [-0.39, 0.29) is 23.5 Å². The number of fused-ring (bicyclic) bond motifs is 1. The number of piperazine rings is 1. The molecule has 0 aromatic heterocycles. The Balaban J connectivity index is 1.34. The van der Waals surface area contributed by atoms with Crippen molar-refractivity contribution in [3.63, 3.8) is 0 Å². The molecule has 27 heavy (non-hydrogen) atoms. The van der Waals surface area contributed by atoms with Crippen LogP contribution in [0.25, 0.3) is 0 Å². The maximum atomic E-state index is 13.8. The van der Waals surface area contributed by atoms with Gasteiger partial charge in [0, 0.05) is 31.7 Å². The van der Waals surface area contributed by atoms with Gasteiger partial charge in [-0.05, 0) is 18.2 Å². The Hall–Kier alpha value is -3.09. The van der Waals surface area contributed by atoms with Crippen molar-refractivity contribution in [2.24, 2.45) is 0 Å². The number of hydrogen-bond acceptors (Lipinski definition) is 3. The summed E-state index contributed by atoms with van der Waals surface area (Å²) in [7, 11) is 0. The van der Waals surface area contributed by atoms with Gasteiger partial charge in [0.15, 0.2) is 0 Å². The van der Waals surface area contributed by atoms with E-state index in [0.717, 1.165) is 11.3 Å². The van der Waals surface area contributed by atoms with E-state index < -0.39 is 5.82 Å². The molecule has 0 aliphatic carbocycles. The first-order chi connectivity index (χ1) is 13.1. The van der Waals surface area contributed by atoms with Crippen LogP contribution < -0.4 is 10.1 Å². The molecule has 2 aliphatic rings. The summed E-state index contributed by atoms with van der Waals surface area (Å²) in [6.45, 7) is 1.97. The molecule has 4 rings (SSSR count). The Labute approximate surface area is 156 Å². The number of benzene rings is 2. The summed E-state index contributed by atoms with van der Waals surface area (Å²) < 4.78 is 19.4. The van der Waals surface area contributed by atoms with Crippen molar-refractivity contribution in [1.82, 2.24) is 15.1 Å². The number of carbonyl (C=O) groups excluding carboxylic acids is 2. The van der Waals surface area contributed by atoms with Crippen LogP contribution in [0.3, 0.4) is 0 Å². The first-order valence-corrected chi connectivity index (χ1v) is 8.94. The van der Waals surface area contributed by atoms with Crippen LogP contribution in [0.5, 0.6) is 5.75 Å². The highest BCUT2D eigenvalue weighted by molar-refractivity contribution is 5.94. The zero-order chi connectivity index (χ0) is 18.8. The van der Waals surface area contributed by atoms with E-state index in [1.165, 1.54) is 12.1 Å². The van der Waals surface area contributed by atoms with Gasteiger partial charge in [-0.1, -0.05) is 30.3 Å². The van der Waals surface area contributed by atoms with Crippen LogP contribution in [0.1, 0.15) is 22.0 Å². The zero-order valence-corrected chi connectivity index (χ0v) is 14.7. The normalized spacial score (nSPS) is 18.6. The van der Waals surface area contributed by atoms with Gasteiger partial charge in [0.25, 0.3) is 5.91 Å². The number of rotatable bonds is 2. The smallest absolute Gasteiger partial charge is 0.318 e. The second-order valence-electron chi connectivity index (χ2n) is 6.61. The molecule has 0 spiro atoms. The number of para-hydroxylation sites is 1. The highest BCUT2D eigenvalue weighted by Crippen LogP contribution is 2.31. The Kier molecular flexibility index (Phi) is 4.66. The van der Waals surface area contributed by atoms with Gasteiger partial charge in [0.2, 0.25) is 0 Å². The second kappa shape index (κ2) is 7.26. The number of halogens is 1. The van der Waals surface area contributed by atoms with Crippen LogP contribution in [0.15, 0.2) is 48.5 Å². The van der Waals surface area contributed by atoms with Crippen LogP contribution in [0, 0.1) is 5.82 Å². The molecule has 1 atom stereocenters. The SMILES string of the molecule is O=C(NC1COc2ccccc21)N1CCN(C(=O)c2ccccc2F)CC1. The number of nitrogens with zero attached hydrogens (tertiary/aromatic N) is 2. The molecule has 1 unspecified atom stereocenters. The van der Waals surface area contributed by atoms with Crippen LogP contribution in [0.4, 0.5) is 9.18 Å². The minimum Gasteiger partial charge on any atom is -0.491 e. The first kappa shape index (κ1) is 17.3. The summed E-state index contributed by atoms with van der Waals surface area (Å²) >= 11 is 0. The monoisotopic (exact) mass is 369 g/mol. The molecule has 7 heteroatoms. The summed E-state index contributed by atoms with van der Waals surface area (Å²) in [6, 6.07) is 13.2. The standard InChI is InChI=1S/C20H20FN3O3/c21-16-7-3-1-5-14(16)19(25)23-9-11-24(12-10-23)20(26)22-17-13-27-18-8-4-2-6-15(17)18/h1-8,17H,9-13H2,(H,22,26). The molecule has 2 aliphatic heterocycles. The summed E-state index contributed by atoms with van der Waals surface area (Å²) in [5, 5.41) is 2.99. The number of nitrogens with one attached hydrogen (secondary N) is 1. The highest BCUT2D eigenvalue weighted by atomic mass is 19.1. The lowest BCUT2D eigenvalue weighted by Crippen LogP contribution is -2.53. The average molecular weight is 369 g/mol. The van der Waals surface area contributed by atoms with Gasteiger partial charge in [0.1, 0.15) is 18.2 Å². The van der Waals surface area contributed by atoms with E-state index in [4.69, 9.17) is 4.74 Å². The summed E-state index contributed by atoms with van der Waals surface area (Å²) in [5.41, 5.74) is 1.04. The summed E-state index contributed by atoms with van der Waals surface area (Å²) in [5.74, 6) is -0.0723. The van der Waals surface area contributed by atoms with Crippen molar-refractivity contribution < 1.29 is 18.7 Å². The van der Waals surface area contributed by atoms with Gasteiger partial charge in [0.05, 0.1) is 11.6 Å². The molecule has 2 aromatic carbocycles. The number of urea groups is 1. The Bertz CT molecular complexity index is 865. The van der Waals surface area contributed by atoms with Crippen molar-refractivity contribution in [3.8, 4) is 5.75 Å². The minimum atomic E-state index is -0.525. The third-order valence-corrected chi connectivity index (χ3v) is 4.96. The van der Waals surface area contributed by atoms with Gasteiger partial charge in [-0.2, -0.15) is 0 Å². The lowest BCUT2D eigenvalue weighted by atomic mass is 10.1. The molecule has 1 fully saturated rings. The van der Waals surface area contributed by atoms with Crippen LogP contribution in [-0.4, -0.2) is 54.5 Å². The third-order valence-electron chi connectivity index (χ3n) is 4.96. The lowest BCUT2D eigenvalue weighted by molar-refractivity contribution is 0.0658. The predicted octanol–water partition coefficient (Wildman–Crippen LogP) is 2.43.